The molecule has 0 amide bonds. The summed E-state index contributed by atoms with van der Waals surface area (Å²) in [5.41, 5.74) is 1.53. The van der Waals surface area contributed by atoms with Crippen molar-refractivity contribution in [2.45, 2.75) is 43.8 Å². The lowest BCUT2D eigenvalue weighted by Crippen LogP contribution is -1.94. The third kappa shape index (κ3) is 3.57. The van der Waals surface area contributed by atoms with Crippen molar-refractivity contribution in [1.29, 1.82) is 0 Å². The molecule has 0 aromatic heterocycles. The molecule has 1 aliphatic heterocycles. The molecule has 1 fully saturated rings. The summed E-state index contributed by atoms with van der Waals surface area (Å²) in [6.07, 6.45) is 8.51. The highest BCUT2D eigenvalue weighted by Crippen LogP contribution is 2.35. The number of rotatable bonds is 1. The summed E-state index contributed by atoms with van der Waals surface area (Å²) in [6, 6.07) is 11.0. The third-order valence-electron chi connectivity index (χ3n) is 3.10. The molecular formula is C14H20S. The van der Waals surface area contributed by atoms with Crippen molar-refractivity contribution < 1.29 is 0 Å². The van der Waals surface area contributed by atoms with Gasteiger partial charge in [0.2, 0.25) is 0 Å². The number of thioether (sulfide) groups is 1. The molecule has 1 unspecified atom stereocenters. The molecule has 1 aromatic carbocycles. The lowest BCUT2D eigenvalue weighted by molar-refractivity contribution is 0.615. The van der Waals surface area contributed by atoms with Crippen LogP contribution >= 0.6 is 11.8 Å². The van der Waals surface area contributed by atoms with Gasteiger partial charge in [-0.25, -0.2) is 0 Å². The Labute approximate surface area is 97.5 Å². The zero-order chi connectivity index (χ0) is 10.3. The molecule has 0 radical (unpaired) electrons. The Kier molecular flexibility index (Phi) is 4.59. The summed E-state index contributed by atoms with van der Waals surface area (Å²) < 4.78 is 0. The molecule has 1 heteroatoms. The second-order valence-electron chi connectivity index (χ2n) is 4.33. The van der Waals surface area contributed by atoms with Gasteiger partial charge in [-0.05, 0) is 24.2 Å². The van der Waals surface area contributed by atoms with Crippen LogP contribution in [0.4, 0.5) is 0 Å². The van der Waals surface area contributed by atoms with E-state index in [1.54, 1.807) is 0 Å². The molecule has 82 valence electrons. The highest BCUT2D eigenvalue weighted by atomic mass is 32.2. The van der Waals surface area contributed by atoms with E-state index in [1.807, 2.05) is 0 Å². The zero-order valence-corrected chi connectivity index (χ0v) is 10.1. The van der Waals surface area contributed by atoms with E-state index >= 15 is 0 Å². The van der Waals surface area contributed by atoms with E-state index < -0.39 is 0 Å². The monoisotopic (exact) mass is 220 g/mol. The van der Waals surface area contributed by atoms with Gasteiger partial charge < -0.3 is 0 Å². The van der Waals surface area contributed by atoms with Gasteiger partial charge in [0.1, 0.15) is 0 Å². The largest absolute Gasteiger partial charge is 0.154 e. The Balaban J connectivity index is 1.99. The number of hydrogen-bond donors (Lipinski definition) is 0. The van der Waals surface area contributed by atoms with Crippen LogP contribution in [0.15, 0.2) is 30.3 Å². The molecule has 1 heterocycles. The van der Waals surface area contributed by atoms with Crippen LogP contribution in [-0.2, 0) is 0 Å². The van der Waals surface area contributed by atoms with Crippen molar-refractivity contribution in [3.8, 4) is 0 Å². The summed E-state index contributed by atoms with van der Waals surface area (Å²) in [4.78, 5) is 0. The van der Waals surface area contributed by atoms with E-state index in [-0.39, 0.29) is 0 Å². The molecule has 0 saturated carbocycles. The second kappa shape index (κ2) is 6.22. The summed E-state index contributed by atoms with van der Waals surface area (Å²) in [7, 11) is 0. The molecule has 0 aliphatic carbocycles. The molecule has 1 aliphatic rings. The standard InChI is InChI=1S/C14H20S/c1-2-7-11-14(15-12-8-3-1)13-9-5-4-6-10-13/h4-6,9-10,14H,1-3,7-8,11-12H2. The first-order valence-corrected chi connectivity index (χ1v) is 7.18. The van der Waals surface area contributed by atoms with E-state index in [1.165, 1.54) is 49.8 Å². The maximum atomic E-state index is 2.29. The minimum absolute atomic E-state index is 0.754. The van der Waals surface area contributed by atoms with E-state index in [0.717, 1.165) is 5.25 Å². The predicted octanol–water partition coefficient (Wildman–Crippen LogP) is 4.82. The van der Waals surface area contributed by atoms with Gasteiger partial charge in [0.15, 0.2) is 0 Å². The first-order valence-electron chi connectivity index (χ1n) is 6.13. The minimum Gasteiger partial charge on any atom is -0.154 e. The third-order valence-corrected chi connectivity index (χ3v) is 4.54. The molecule has 2 rings (SSSR count). The van der Waals surface area contributed by atoms with Crippen LogP contribution < -0.4 is 0 Å². The van der Waals surface area contributed by atoms with Gasteiger partial charge in [-0.3, -0.25) is 0 Å². The van der Waals surface area contributed by atoms with Crippen LogP contribution in [0.3, 0.4) is 0 Å². The van der Waals surface area contributed by atoms with Gasteiger partial charge in [-0.2, -0.15) is 11.8 Å². The van der Waals surface area contributed by atoms with Crippen molar-refractivity contribution in [3.05, 3.63) is 35.9 Å². The van der Waals surface area contributed by atoms with Crippen LogP contribution in [0, 0.1) is 0 Å². The Bertz CT molecular complexity index is 258. The number of benzene rings is 1. The van der Waals surface area contributed by atoms with Crippen molar-refractivity contribution in [1.82, 2.24) is 0 Å². The van der Waals surface area contributed by atoms with Gasteiger partial charge >= 0.3 is 0 Å². The van der Waals surface area contributed by atoms with Crippen molar-refractivity contribution in [2.75, 3.05) is 5.75 Å². The normalized spacial score (nSPS) is 23.9. The van der Waals surface area contributed by atoms with Gasteiger partial charge in [-0.15, -0.1) is 0 Å². The first-order chi connectivity index (χ1) is 7.47. The molecule has 1 saturated heterocycles. The van der Waals surface area contributed by atoms with E-state index in [0.29, 0.717) is 0 Å². The summed E-state index contributed by atoms with van der Waals surface area (Å²) in [5, 5.41) is 0.754. The second-order valence-corrected chi connectivity index (χ2v) is 5.64. The molecule has 1 atom stereocenters. The smallest absolute Gasteiger partial charge is 0.0297 e. The molecule has 1 aromatic rings. The quantitative estimate of drug-likeness (QED) is 0.654. The maximum absolute atomic E-state index is 2.29. The van der Waals surface area contributed by atoms with Crippen LogP contribution in [0.25, 0.3) is 0 Å². The Morgan fingerprint density at radius 3 is 2.47 bits per heavy atom. The Hall–Kier alpha value is -0.430. The molecule has 15 heavy (non-hydrogen) atoms. The van der Waals surface area contributed by atoms with Gasteiger partial charge in [0.25, 0.3) is 0 Å². The van der Waals surface area contributed by atoms with Crippen molar-refractivity contribution in [3.63, 3.8) is 0 Å². The Morgan fingerprint density at radius 2 is 1.60 bits per heavy atom. The lowest BCUT2D eigenvalue weighted by atomic mass is 10.0. The molecule has 0 nitrogen and oxygen atoms in total. The fraction of sp³-hybridized carbons (Fsp3) is 0.571. The SMILES string of the molecule is c1ccc(C2CCCCCCCS2)cc1. The highest BCUT2D eigenvalue weighted by Gasteiger charge is 2.12. The van der Waals surface area contributed by atoms with Crippen LogP contribution in [0.5, 0.6) is 0 Å². The maximum Gasteiger partial charge on any atom is 0.0297 e. The highest BCUT2D eigenvalue weighted by molar-refractivity contribution is 7.99. The topological polar surface area (TPSA) is 0 Å². The fourth-order valence-corrected chi connectivity index (χ4v) is 3.54. The van der Waals surface area contributed by atoms with Gasteiger partial charge in [-0.1, -0.05) is 56.0 Å². The minimum atomic E-state index is 0.754. The lowest BCUT2D eigenvalue weighted by Gasteiger charge is -2.15. The van der Waals surface area contributed by atoms with Crippen molar-refractivity contribution >= 4 is 11.8 Å². The van der Waals surface area contributed by atoms with E-state index in [4.69, 9.17) is 0 Å². The average Bonchev–Trinajstić information content (AvgIpc) is 2.43. The predicted molar refractivity (Wildman–Crippen MR) is 69.3 cm³/mol. The van der Waals surface area contributed by atoms with Crippen molar-refractivity contribution in [2.24, 2.45) is 0 Å². The molecule has 0 bridgehead atoms. The first kappa shape index (κ1) is 11.1. The van der Waals surface area contributed by atoms with Crippen LogP contribution in [-0.4, -0.2) is 5.75 Å². The Morgan fingerprint density at radius 1 is 0.867 bits per heavy atom. The number of hydrogen-bond acceptors (Lipinski definition) is 1. The summed E-state index contributed by atoms with van der Waals surface area (Å²) in [6.45, 7) is 0. The molecule has 0 N–H and O–H groups in total. The van der Waals surface area contributed by atoms with Gasteiger partial charge in [0, 0.05) is 5.25 Å². The van der Waals surface area contributed by atoms with E-state index in [9.17, 15) is 0 Å². The van der Waals surface area contributed by atoms with E-state index in [2.05, 4.69) is 42.1 Å². The fourth-order valence-electron chi connectivity index (χ4n) is 2.20. The van der Waals surface area contributed by atoms with Gasteiger partial charge in [0.05, 0.1) is 0 Å². The summed E-state index contributed by atoms with van der Waals surface area (Å²) >= 11 is 2.16. The molecular weight excluding hydrogens is 200 g/mol. The van der Waals surface area contributed by atoms with Crippen LogP contribution in [0.1, 0.15) is 49.3 Å². The summed E-state index contributed by atoms with van der Waals surface area (Å²) in [5.74, 6) is 1.35. The average molecular weight is 220 g/mol. The molecule has 0 spiro atoms. The van der Waals surface area contributed by atoms with Crippen LogP contribution in [0.2, 0.25) is 0 Å². The zero-order valence-electron chi connectivity index (χ0n) is 9.32.